The van der Waals surface area contributed by atoms with Crippen LogP contribution in [0.5, 0.6) is 5.75 Å². The lowest BCUT2D eigenvalue weighted by Crippen LogP contribution is -2.88. The van der Waals surface area contributed by atoms with Gasteiger partial charge in [0.25, 0.3) is 23.5 Å². The predicted octanol–water partition coefficient (Wildman–Crippen LogP) is -2.51. The zero-order chi connectivity index (χ0) is 32.0. The number of amides is 3. The van der Waals surface area contributed by atoms with Gasteiger partial charge in [0, 0.05) is 30.8 Å². The highest BCUT2D eigenvalue weighted by molar-refractivity contribution is 6.10. The van der Waals surface area contributed by atoms with Crippen molar-refractivity contribution in [3.05, 3.63) is 64.5 Å². The third-order valence-corrected chi connectivity index (χ3v) is 7.40. The number of morpholine rings is 1. The number of benzene rings is 2. The molecule has 234 valence electrons. The minimum absolute atomic E-state index is 0.151. The molecule has 2 aromatic rings. The molecule has 2 aromatic carbocycles. The van der Waals surface area contributed by atoms with Crippen molar-refractivity contribution < 1.29 is 58.9 Å². The summed E-state index contributed by atoms with van der Waals surface area (Å²) in [6.07, 6.45) is 0. The van der Waals surface area contributed by atoms with Crippen LogP contribution in [-0.4, -0.2) is 102 Å². The maximum atomic E-state index is 14.8. The Bertz CT molecular complexity index is 1430. The van der Waals surface area contributed by atoms with Crippen LogP contribution in [0.15, 0.2) is 36.4 Å². The fourth-order valence-corrected chi connectivity index (χ4v) is 5.01. The molecule has 0 saturated carbocycles. The van der Waals surface area contributed by atoms with Gasteiger partial charge in [-0.25, -0.2) is 4.39 Å². The maximum absolute atomic E-state index is 14.8. The third kappa shape index (κ3) is 5.26. The van der Waals surface area contributed by atoms with Gasteiger partial charge in [0.15, 0.2) is 0 Å². The quantitative estimate of drug-likeness (QED) is 0.125. The van der Waals surface area contributed by atoms with Crippen LogP contribution < -0.4 is 15.8 Å². The van der Waals surface area contributed by atoms with E-state index >= 15 is 0 Å². The molecule has 16 heteroatoms. The van der Waals surface area contributed by atoms with Crippen LogP contribution in [0.25, 0.3) is 0 Å². The molecule has 0 aromatic heterocycles. The number of fused-ring (bicyclic) bond motifs is 1. The van der Waals surface area contributed by atoms with Gasteiger partial charge in [0.1, 0.15) is 11.6 Å². The molecule has 9 N–H and O–H groups in total. The second-order valence-corrected chi connectivity index (χ2v) is 9.98. The minimum Gasteiger partial charge on any atom is -0.435 e. The van der Waals surface area contributed by atoms with Gasteiger partial charge >= 0.3 is 11.8 Å². The lowest BCUT2D eigenvalue weighted by Gasteiger charge is -2.51. The number of hydrogen-bond donors (Lipinski definition) is 8. The van der Waals surface area contributed by atoms with E-state index in [1.54, 1.807) is 0 Å². The fraction of sp³-hybridized carbons (Fsp3) is 0.444. The number of imide groups is 1. The first-order chi connectivity index (χ1) is 20.1. The minimum atomic E-state index is -4.10. The largest absolute Gasteiger partial charge is 0.435 e. The number of halogens is 1. The lowest BCUT2D eigenvalue weighted by atomic mass is 9.84. The molecule has 15 nitrogen and oxygen atoms in total. The number of rotatable bonds is 6. The summed E-state index contributed by atoms with van der Waals surface area (Å²) in [5.74, 6) is -17.5. The van der Waals surface area contributed by atoms with E-state index in [2.05, 4.69) is 0 Å². The number of carbonyl (C=O) groups excluding carboxylic acids is 3. The average molecular weight is 609 g/mol. The van der Waals surface area contributed by atoms with Gasteiger partial charge in [0.05, 0.1) is 25.3 Å². The Morgan fingerprint density at radius 2 is 1.70 bits per heavy atom. The first-order valence-electron chi connectivity index (χ1n) is 13.3. The molecule has 5 rings (SSSR count). The Morgan fingerprint density at radius 3 is 2.35 bits per heavy atom. The number of aliphatic hydroxyl groups is 6. The summed E-state index contributed by atoms with van der Waals surface area (Å²) >= 11 is 0. The topological polar surface area (TPSA) is 236 Å². The van der Waals surface area contributed by atoms with E-state index < -0.39 is 64.6 Å². The number of carbonyl (C=O) groups is 3. The smallest absolute Gasteiger partial charge is 0.354 e. The van der Waals surface area contributed by atoms with Crippen molar-refractivity contribution in [1.82, 2.24) is 15.1 Å². The number of hydrogen-bond acceptors (Lipinski definition) is 13. The van der Waals surface area contributed by atoms with E-state index in [-0.39, 0.29) is 11.1 Å². The number of nitrogens with one attached hydrogen (secondary N) is 1. The standard InChI is InChI=1S/C25H27FN4O11.C2H6/c26-17-5-4-13(11-29-6-8-40-9-7-29)10-16(17)24(36,37)41-18-3-1-2-14-15(18)12-30(19(14)31)22(27)20(32)28-21(33)23(34,35)25(22,38)39;1-2/h1-5,10,34-39H,6-9,11-12,27H2,(H,28,32,33);1-2H3. The Kier molecular flexibility index (Phi) is 8.64. The Labute approximate surface area is 244 Å². The molecule has 0 aliphatic carbocycles. The van der Waals surface area contributed by atoms with Gasteiger partial charge in [-0.15, -0.1) is 0 Å². The summed E-state index contributed by atoms with van der Waals surface area (Å²) in [6, 6.07) is 7.36. The summed E-state index contributed by atoms with van der Waals surface area (Å²) in [4.78, 5) is 40.1. The van der Waals surface area contributed by atoms with Crippen LogP contribution in [0.3, 0.4) is 0 Å². The molecule has 3 aliphatic heterocycles. The van der Waals surface area contributed by atoms with Crippen LogP contribution in [0, 0.1) is 5.82 Å². The van der Waals surface area contributed by atoms with E-state index in [9.17, 15) is 49.4 Å². The molecule has 2 saturated heterocycles. The predicted molar refractivity (Wildman–Crippen MR) is 141 cm³/mol. The molecule has 1 unspecified atom stereocenters. The summed E-state index contributed by atoms with van der Waals surface area (Å²) in [7, 11) is 0. The zero-order valence-electron chi connectivity index (χ0n) is 23.3. The Hall–Kier alpha value is -3.58. The van der Waals surface area contributed by atoms with Gasteiger partial charge in [-0.05, 0) is 29.8 Å². The van der Waals surface area contributed by atoms with E-state index in [0.717, 1.165) is 6.07 Å². The lowest BCUT2D eigenvalue weighted by molar-refractivity contribution is -0.374. The van der Waals surface area contributed by atoms with Crippen molar-refractivity contribution in [2.45, 2.75) is 50.1 Å². The fourth-order valence-electron chi connectivity index (χ4n) is 5.01. The molecule has 2 fully saturated rings. The van der Waals surface area contributed by atoms with Gasteiger partial charge < -0.3 is 45.0 Å². The normalized spacial score (nSPS) is 23.3. The van der Waals surface area contributed by atoms with Crippen molar-refractivity contribution in [3.63, 3.8) is 0 Å². The highest BCUT2D eigenvalue weighted by Crippen LogP contribution is 2.42. The average Bonchev–Trinajstić information content (AvgIpc) is 3.31. The van der Waals surface area contributed by atoms with Crippen molar-refractivity contribution in [2.24, 2.45) is 5.73 Å². The summed E-state index contributed by atoms with van der Waals surface area (Å²) in [5.41, 5.74) is 2.06. The highest BCUT2D eigenvalue weighted by Gasteiger charge is 2.75. The van der Waals surface area contributed by atoms with Crippen molar-refractivity contribution in [1.29, 1.82) is 0 Å². The third-order valence-electron chi connectivity index (χ3n) is 7.40. The van der Waals surface area contributed by atoms with E-state index in [0.29, 0.717) is 43.3 Å². The van der Waals surface area contributed by atoms with Crippen molar-refractivity contribution in [2.75, 3.05) is 26.3 Å². The van der Waals surface area contributed by atoms with Gasteiger partial charge in [-0.3, -0.25) is 30.3 Å². The Balaban J connectivity index is 0.00000207. The Morgan fingerprint density at radius 1 is 1.05 bits per heavy atom. The molecule has 43 heavy (non-hydrogen) atoms. The molecular formula is C27H33FN4O11. The van der Waals surface area contributed by atoms with Gasteiger partial charge in [0.2, 0.25) is 5.66 Å². The van der Waals surface area contributed by atoms with Crippen LogP contribution >= 0.6 is 0 Å². The maximum Gasteiger partial charge on any atom is 0.354 e. The molecule has 0 radical (unpaired) electrons. The zero-order valence-corrected chi connectivity index (χ0v) is 23.3. The second kappa shape index (κ2) is 11.5. The SMILES string of the molecule is CC.NC1(N2Cc3c(OC(O)(O)c4cc(CN5CCOCC5)ccc4F)cccc3C2=O)C(=O)NC(=O)C(O)(O)C1(O)O. The van der Waals surface area contributed by atoms with Gasteiger partial charge in [-0.1, -0.05) is 26.0 Å². The van der Waals surface area contributed by atoms with Crippen LogP contribution in [-0.2, 0) is 33.4 Å². The first kappa shape index (κ1) is 32.3. The number of piperidine rings is 1. The van der Waals surface area contributed by atoms with Crippen molar-refractivity contribution >= 4 is 17.7 Å². The van der Waals surface area contributed by atoms with Crippen LogP contribution in [0.2, 0.25) is 0 Å². The van der Waals surface area contributed by atoms with E-state index in [1.165, 1.54) is 35.6 Å². The molecule has 3 heterocycles. The monoisotopic (exact) mass is 608 g/mol. The van der Waals surface area contributed by atoms with Crippen LogP contribution in [0.4, 0.5) is 4.39 Å². The molecular weight excluding hydrogens is 575 g/mol. The molecule has 0 bridgehead atoms. The number of ether oxygens (including phenoxy) is 2. The summed E-state index contributed by atoms with van der Waals surface area (Å²) in [5, 5.41) is 64.1. The van der Waals surface area contributed by atoms with Gasteiger partial charge in [-0.2, -0.15) is 0 Å². The molecule has 3 aliphatic rings. The molecule has 1 atom stereocenters. The van der Waals surface area contributed by atoms with E-state index in [4.69, 9.17) is 15.2 Å². The van der Waals surface area contributed by atoms with Crippen LogP contribution in [0.1, 0.15) is 40.9 Å². The summed E-state index contributed by atoms with van der Waals surface area (Å²) < 4.78 is 25.4. The van der Waals surface area contributed by atoms with E-state index in [1.807, 2.05) is 18.7 Å². The number of nitrogens with two attached hydrogens (primary N) is 1. The molecule has 0 spiro atoms. The summed E-state index contributed by atoms with van der Waals surface area (Å²) in [6.45, 7) is 5.88. The highest BCUT2D eigenvalue weighted by atomic mass is 19.1. The van der Waals surface area contributed by atoms with Crippen molar-refractivity contribution in [3.8, 4) is 5.75 Å². The second-order valence-electron chi connectivity index (χ2n) is 9.98. The molecule has 3 amide bonds. The number of nitrogens with zero attached hydrogens (tertiary/aromatic N) is 2. The first-order valence-corrected chi connectivity index (χ1v) is 13.3.